The Bertz CT molecular complexity index is 535. The molecule has 20 heavy (non-hydrogen) atoms. The molecule has 0 spiro atoms. The van der Waals surface area contributed by atoms with Crippen molar-refractivity contribution in [1.82, 2.24) is 0 Å². The monoisotopic (exact) mass is 298 g/mol. The van der Waals surface area contributed by atoms with Crippen molar-refractivity contribution < 1.29 is 19.4 Å². The second-order valence-electron chi connectivity index (χ2n) is 4.57. The summed E-state index contributed by atoms with van der Waals surface area (Å²) in [5.74, 6) is -1.47. The summed E-state index contributed by atoms with van der Waals surface area (Å²) in [6.45, 7) is 1.56. The number of hydrogen-bond acceptors (Lipinski definition) is 4. The molecule has 1 aliphatic heterocycles. The van der Waals surface area contributed by atoms with Gasteiger partial charge in [0.2, 0.25) is 5.91 Å². The van der Waals surface area contributed by atoms with Crippen molar-refractivity contribution in [2.24, 2.45) is 5.73 Å². The first-order valence-corrected chi connectivity index (χ1v) is 6.53. The van der Waals surface area contributed by atoms with Gasteiger partial charge in [-0.2, -0.15) is 0 Å². The quantitative estimate of drug-likeness (QED) is 0.869. The Morgan fingerprint density at radius 1 is 1.50 bits per heavy atom. The third-order valence-electron chi connectivity index (χ3n) is 3.12. The standard InChI is InChI=1S/C13H15ClN2O4/c14-11-5-8(1-2-10(11)13(15)19)16-3-4-20-9(7-16)6-12(17)18/h1-2,5,9H,3-4,6-7H2,(H2,15,19)(H,17,18). The van der Waals surface area contributed by atoms with E-state index in [9.17, 15) is 9.59 Å². The van der Waals surface area contributed by atoms with E-state index in [-0.39, 0.29) is 23.1 Å². The number of halogens is 1. The Morgan fingerprint density at radius 3 is 2.85 bits per heavy atom. The van der Waals surface area contributed by atoms with Gasteiger partial charge in [-0.15, -0.1) is 0 Å². The van der Waals surface area contributed by atoms with Crippen LogP contribution in [-0.4, -0.2) is 42.8 Å². The lowest BCUT2D eigenvalue weighted by Gasteiger charge is -2.34. The fourth-order valence-corrected chi connectivity index (χ4v) is 2.44. The molecule has 1 fully saturated rings. The van der Waals surface area contributed by atoms with Gasteiger partial charge in [-0.3, -0.25) is 9.59 Å². The molecule has 0 aliphatic carbocycles. The molecule has 0 saturated carbocycles. The Hall–Kier alpha value is -1.79. The summed E-state index contributed by atoms with van der Waals surface area (Å²) < 4.78 is 5.40. The molecule has 108 valence electrons. The van der Waals surface area contributed by atoms with Gasteiger partial charge in [0.05, 0.1) is 29.7 Å². The minimum absolute atomic E-state index is 0.0381. The van der Waals surface area contributed by atoms with E-state index >= 15 is 0 Å². The summed E-state index contributed by atoms with van der Waals surface area (Å²) in [5.41, 5.74) is 6.29. The van der Waals surface area contributed by atoms with E-state index in [1.807, 2.05) is 4.90 Å². The normalized spacial score (nSPS) is 18.9. The number of nitrogens with zero attached hydrogens (tertiary/aromatic N) is 1. The Labute approximate surface area is 121 Å². The number of morpholine rings is 1. The first-order valence-electron chi connectivity index (χ1n) is 6.15. The predicted octanol–water partition coefficient (Wildman–Crippen LogP) is 1.12. The van der Waals surface area contributed by atoms with Crippen LogP contribution in [0.4, 0.5) is 5.69 Å². The number of nitrogens with two attached hydrogens (primary N) is 1. The second kappa shape index (κ2) is 6.11. The average Bonchev–Trinajstić information content (AvgIpc) is 2.37. The Balaban J connectivity index is 2.13. The minimum Gasteiger partial charge on any atom is -0.481 e. The summed E-state index contributed by atoms with van der Waals surface area (Å²) in [4.78, 5) is 23.8. The summed E-state index contributed by atoms with van der Waals surface area (Å²) >= 11 is 6.01. The van der Waals surface area contributed by atoms with Crippen molar-refractivity contribution in [2.45, 2.75) is 12.5 Å². The van der Waals surface area contributed by atoms with Gasteiger partial charge in [-0.1, -0.05) is 11.6 Å². The summed E-state index contributed by atoms with van der Waals surface area (Å²) in [5, 5.41) is 9.08. The molecule has 1 unspecified atom stereocenters. The number of carbonyl (C=O) groups is 2. The molecule has 1 amide bonds. The highest BCUT2D eigenvalue weighted by atomic mass is 35.5. The van der Waals surface area contributed by atoms with Gasteiger partial charge in [0.25, 0.3) is 0 Å². The van der Waals surface area contributed by atoms with Crippen LogP contribution < -0.4 is 10.6 Å². The van der Waals surface area contributed by atoms with Crippen molar-refractivity contribution in [2.75, 3.05) is 24.6 Å². The summed E-state index contributed by atoms with van der Waals surface area (Å²) in [6.07, 6.45) is -0.389. The number of carbonyl (C=O) groups excluding carboxylic acids is 1. The van der Waals surface area contributed by atoms with Gasteiger partial charge in [0.1, 0.15) is 0 Å². The van der Waals surface area contributed by atoms with Crippen molar-refractivity contribution in [3.63, 3.8) is 0 Å². The van der Waals surface area contributed by atoms with Crippen LogP contribution in [0.2, 0.25) is 5.02 Å². The van der Waals surface area contributed by atoms with Gasteiger partial charge in [-0.05, 0) is 18.2 Å². The number of ether oxygens (including phenoxy) is 1. The van der Waals surface area contributed by atoms with Crippen LogP contribution in [0.5, 0.6) is 0 Å². The number of aliphatic carboxylic acids is 1. The zero-order valence-corrected chi connectivity index (χ0v) is 11.5. The zero-order valence-electron chi connectivity index (χ0n) is 10.7. The van der Waals surface area contributed by atoms with Gasteiger partial charge in [0.15, 0.2) is 0 Å². The van der Waals surface area contributed by atoms with Crippen LogP contribution in [0.15, 0.2) is 18.2 Å². The van der Waals surface area contributed by atoms with Crippen LogP contribution in [0.1, 0.15) is 16.8 Å². The van der Waals surface area contributed by atoms with E-state index in [1.54, 1.807) is 18.2 Å². The lowest BCUT2D eigenvalue weighted by atomic mass is 10.1. The maximum absolute atomic E-state index is 11.1. The predicted molar refractivity (Wildman–Crippen MR) is 74.2 cm³/mol. The number of primary amides is 1. The van der Waals surface area contributed by atoms with Crippen LogP contribution in [0.3, 0.4) is 0 Å². The first kappa shape index (κ1) is 14.6. The molecule has 3 N–H and O–H groups in total. The summed E-state index contributed by atoms with van der Waals surface area (Å²) in [7, 11) is 0. The van der Waals surface area contributed by atoms with Crippen LogP contribution >= 0.6 is 11.6 Å². The van der Waals surface area contributed by atoms with E-state index < -0.39 is 11.9 Å². The van der Waals surface area contributed by atoms with Gasteiger partial charge < -0.3 is 20.5 Å². The maximum atomic E-state index is 11.1. The molecule has 1 saturated heterocycles. The van der Waals surface area contributed by atoms with Crippen molar-refractivity contribution in [3.8, 4) is 0 Å². The molecule has 1 aromatic carbocycles. The SMILES string of the molecule is NC(=O)c1ccc(N2CCOC(CC(=O)O)C2)cc1Cl. The number of carboxylic acids is 1. The number of hydrogen-bond donors (Lipinski definition) is 2. The number of amides is 1. The molecule has 2 rings (SSSR count). The van der Waals surface area contributed by atoms with Gasteiger partial charge >= 0.3 is 5.97 Å². The van der Waals surface area contributed by atoms with Crippen molar-refractivity contribution in [3.05, 3.63) is 28.8 Å². The van der Waals surface area contributed by atoms with Crippen LogP contribution in [0.25, 0.3) is 0 Å². The van der Waals surface area contributed by atoms with E-state index in [2.05, 4.69) is 0 Å². The third-order valence-corrected chi connectivity index (χ3v) is 3.44. The minimum atomic E-state index is -0.890. The molecule has 0 radical (unpaired) electrons. The molecule has 0 bridgehead atoms. The van der Waals surface area contributed by atoms with Crippen LogP contribution in [0, 0.1) is 0 Å². The lowest BCUT2D eigenvalue weighted by molar-refractivity contribution is -0.140. The molecule has 1 aromatic rings. The molecule has 6 nitrogen and oxygen atoms in total. The highest BCUT2D eigenvalue weighted by Gasteiger charge is 2.23. The largest absolute Gasteiger partial charge is 0.481 e. The number of rotatable bonds is 4. The number of benzene rings is 1. The second-order valence-corrected chi connectivity index (χ2v) is 4.97. The summed E-state index contributed by atoms with van der Waals surface area (Å²) in [6, 6.07) is 4.97. The maximum Gasteiger partial charge on any atom is 0.306 e. The molecule has 1 aliphatic rings. The highest BCUT2D eigenvalue weighted by molar-refractivity contribution is 6.34. The molecule has 7 heteroatoms. The van der Waals surface area contributed by atoms with Crippen LogP contribution in [-0.2, 0) is 9.53 Å². The lowest BCUT2D eigenvalue weighted by Crippen LogP contribution is -2.43. The molecule has 1 atom stereocenters. The fraction of sp³-hybridized carbons (Fsp3) is 0.385. The molecule has 1 heterocycles. The van der Waals surface area contributed by atoms with Crippen molar-refractivity contribution in [1.29, 1.82) is 0 Å². The van der Waals surface area contributed by atoms with Crippen molar-refractivity contribution >= 4 is 29.2 Å². The molecular formula is C13H15ClN2O4. The highest BCUT2D eigenvalue weighted by Crippen LogP contribution is 2.25. The smallest absolute Gasteiger partial charge is 0.306 e. The van der Waals surface area contributed by atoms with E-state index in [0.717, 1.165) is 5.69 Å². The third kappa shape index (κ3) is 3.40. The van der Waals surface area contributed by atoms with E-state index in [4.69, 9.17) is 27.2 Å². The average molecular weight is 299 g/mol. The molecule has 0 aromatic heterocycles. The van der Waals surface area contributed by atoms with E-state index in [0.29, 0.717) is 19.7 Å². The zero-order chi connectivity index (χ0) is 14.7. The molecular weight excluding hydrogens is 284 g/mol. The fourth-order valence-electron chi connectivity index (χ4n) is 2.17. The number of carboxylic acid groups (broad SMARTS) is 1. The number of anilines is 1. The Morgan fingerprint density at radius 2 is 2.25 bits per heavy atom. The topological polar surface area (TPSA) is 92.9 Å². The first-order chi connectivity index (χ1) is 9.47. The van der Waals surface area contributed by atoms with E-state index in [1.165, 1.54) is 0 Å². The van der Waals surface area contributed by atoms with Gasteiger partial charge in [-0.25, -0.2) is 0 Å². The van der Waals surface area contributed by atoms with Gasteiger partial charge in [0, 0.05) is 18.8 Å². The Kier molecular flexibility index (Phi) is 4.46.